The van der Waals surface area contributed by atoms with Gasteiger partial charge in [0.25, 0.3) is 0 Å². The van der Waals surface area contributed by atoms with Crippen LogP contribution in [0.15, 0.2) is 48.9 Å². The average Bonchev–Trinajstić information content (AvgIpc) is 3.26. The fourth-order valence-electron chi connectivity index (χ4n) is 2.98. The molecule has 4 rings (SSSR count). The Kier molecular flexibility index (Phi) is 3.93. The topological polar surface area (TPSA) is 71.4 Å². The van der Waals surface area contributed by atoms with Crippen LogP contribution in [0.2, 0.25) is 0 Å². The quantitative estimate of drug-likeness (QED) is 0.584. The third-order valence-corrected chi connectivity index (χ3v) is 4.27. The van der Waals surface area contributed by atoms with Crippen molar-refractivity contribution in [2.75, 3.05) is 5.32 Å². The zero-order valence-electron chi connectivity index (χ0n) is 14.3. The van der Waals surface area contributed by atoms with Gasteiger partial charge in [-0.15, -0.1) is 0 Å². The molecule has 0 aliphatic carbocycles. The summed E-state index contributed by atoms with van der Waals surface area (Å²) in [7, 11) is 0. The van der Waals surface area contributed by atoms with Crippen LogP contribution in [0.4, 0.5) is 5.82 Å². The van der Waals surface area contributed by atoms with E-state index in [2.05, 4.69) is 50.6 Å². The number of hydrogen-bond donors (Lipinski definition) is 2. The highest BCUT2D eigenvalue weighted by atomic mass is 15.3. The summed E-state index contributed by atoms with van der Waals surface area (Å²) in [5, 5.41) is 9.05. The van der Waals surface area contributed by atoms with E-state index in [9.17, 15) is 0 Å². The van der Waals surface area contributed by atoms with Crippen LogP contribution >= 0.6 is 0 Å². The number of anilines is 1. The number of nitrogens with zero attached hydrogens (tertiary/aromatic N) is 4. The molecule has 0 amide bonds. The van der Waals surface area contributed by atoms with Gasteiger partial charge in [-0.05, 0) is 43.7 Å². The van der Waals surface area contributed by atoms with Crippen LogP contribution in [0.5, 0.6) is 0 Å². The normalized spacial score (nSPS) is 11.1. The zero-order chi connectivity index (χ0) is 17.2. The number of pyridine rings is 2. The largest absolute Gasteiger partial charge is 0.364 e. The number of aryl methyl sites for hydroxylation is 2. The van der Waals surface area contributed by atoms with Crippen molar-refractivity contribution in [1.82, 2.24) is 24.7 Å². The minimum atomic E-state index is 0.632. The lowest BCUT2D eigenvalue weighted by Crippen LogP contribution is -2.03. The van der Waals surface area contributed by atoms with Crippen LogP contribution in [0.25, 0.3) is 22.2 Å². The molecule has 0 aliphatic rings. The second-order valence-electron chi connectivity index (χ2n) is 5.95. The molecule has 4 aromatic heterocycles. The molecule has 126 valence electrons. The molecule has 0 saturated heterocycles. The van der Waals surface area contributed by atoms with Gasteiger partial charge in [-0.3, -0.25) is 9.67 Å². The molecule has 0 saturated carbocycles. The molecule has 0 aromatic carbocycles. The molecular weight excluding hydrogens is 312 g/mol. The minimum absolute atomic E-state index is 0.632. The Labute approximate surface area is 145 Å². The number of aromatic nitrogens is 5. The van der Waals surface area contributed by atoms with E-state index in [1.54, 1.807) is 6.20 Å². The van der Waals surface area contributed by atoms with Crippen molar-refractivity contribution in [3.63, 3.8) is 0 Å². The van der Waals surface area contributed by atoms with Crippen LogP contribution < -0.4 is 5.32 Å². The predicted octanol–water partition coefficient (Wildman–Crippen LogP) is 3.76. The van der Waals surface area contributed by atoms with Crippen LogP contribution in [-0.2, 0) is 13.1 Å². The van der Waals surface area contributed by atoms with Crippen molar-refractivity contribution >= 4 is 16.9 Å². The fraction of sp³-hybridized carbons (Fsp3) is 0.211. The Hall–Kier alpha value is -3.15. The fourth-order valence-corrected chi connectivity index (χ4v) is 2.98. The Bertz CT molecular complexity index is 999. The standard InChI is InChI=1S/C19H20N6/c1-3-25-12-17(13(2)24-25)16-10-18(23-19-15(16)7-9-21-19)22-11-14-6-4-5-8-20-14/h4-10,12H,3,11H2,1-2H3,(H2,21,22,23). The van der Waals surface area contributed by atoms with Gasteiger partial charge in [0.2, 0.25) is 0 Å². The van der Waals surface area contributed by atoms with E-state index in [0.717, 1.165) is 45.9 Å². The smallest absolute Gasteiger partial charge is 0.140 e. The Morgan fingerprint density at radius 1 is 1.20 bits per heavy atom. The summed E-state index contributed by atoms with van der Waals surface area (Å²) in [6.45, 7) is 5.62. The summed E-state index contributed by atoms with van der Waals surface area (Å²) in [5.74, 6) is 0.819. The number of H-pyrrole nitrogens is 1. The number of fused-ring (bicyclic) bond motifs is 1. The summed E-state index contributed by atoms with van der Waals surface area (Å²) in [6, 6.07) is 10.0. The molecule has 25 heavy (non-hydrogen) atoms. The number of rotatable bonds is 5. The Morgan fingerprint density at radius 3 is 2.88 bits per heavy atom. The van der Waals surface area contributed by atoms with Gasteiger partial charge in [0, 0.05) is 36.1 Å². The molecule has 6 heteroatoms. The molecular formula is C19H20N6. The van der Waals surface area contributed by atoms with Gasteiger partial charge in [0.1, 0.15) is 11.5 Å². The van der Waals surface area contributed by atoms with Crippen LogP contribution in [-0.4, -0.2) is 24.7 Å². The molecule has 0 bridgehead atoms. The van der Waals surface area contributed by atoms with E-state index in [0.29, 0.717) is 6.54 Å². The Balaban J connectivity index is 1.73. The highest BCUT2D eigenvalue weighted by molar-refractivity contribution is 5.95. The first-order chi connectivity index (χ1) is 12.2. The highest BCUT2D eigenvalue weighted by Crippen LogP contribution is 2.31. The van der Waals surface area contributed by atoms with E-state index in [-0.39, 0.29) is 0 Å². The molecule has 6 nitrogen and oxygen atoms in total. The lowest BCUT2D eigenvalue weighted by Gasteiger charge is -2.09. The van der Waals surface area contributed by atoms with E-state index in [1.807, 2.05) is 36.0 Å². The monoisotopic (exact) mass is 332 g/mol. The van der Waals surface area contributed by atoms with Crippen molar-refractivity contribution < 1.29 is 0 Å². The van der Waals surface area contributed by atoms with Crippen molar-refractivity contribution in [2.45, 2.75) is 26.9 Å². The molecule has 0 atom stereocenters. The summed E-state index contributed by atoms with van der Waals surface area (Å²) >= 11 is 0. The molecule has 2 N–H and O–H groups in total. The van der Waals surface area contributed by atoms with Crippen molar-refractivity contribution in [3.8, 4) is 11.1 Å². The third kappa shape index (κ3) is 2.98. The number of hydrogen-bond acceptors (Lipinski definition) is 4. The second kappa shape index (κ2) is 6.39. The predicted molar refractivity (Wildman–Crippen MR) is 99.3 cm³/mol. The first-order valence-corrected chi connectivity index (χ1v) is 8.41. The van der Waals surface area contributed by atoms with Crippen molar-refractivity contribution in [1.29, 1.82) is 0 Å². The Morgan fingerprint density at radius 2 is 2.12 bits per heavy atom. The van der Waals surface area contributed by atoms with Crippen molar-refractivity contribution in [3.05, 3.63) is 60.3 Å². The third-order valence-electron chi connectivity index (χ3n) is 4.27. The SMILES string of the molecule is CCn1cc(-c2cc(NCc3ccccn3)nc3[nH]ccc23)c(C)n1. The van der Waals surface area contributed by atoms with Gasteiger partial charge in [-0.25, -0.2) is 4.98 Å². The summed E-state index contributed by atoms with van der Waals surface area (Å²) in [5.41, 5.74) is 5.13. The van der Waals surface area contributed by atoms with E-state index < -0.39 is 0 Å². The van der Waals surface area contributed by atoms with Gasteiger partial charge < -0.3 is 10.3 Å². The zero-order valence-corrected chi connectivity index (χ0v) is 14.3. The molecule has 0 aliphatic heterocycles. The molecule has 0 spiro atoms. The number of aromatic amines is 1. The maximum Gasteiger partial charge on any atom is 0.140 e. The van der Waals surface area contributed by atoms with E-state index in [1.165, 1.54) is 0 Å². The first kappa shape index (κ1) is 15.4. The summed E-state index contributed by atoms with van der Waals surface area (Å²) in [6.07, 6.45) is 5.81. The lowest BCUT2D eigenvalue weighted by atomic mass is 10.0. The molecule has 0 fully saturated rings. The van der Waals surface area contributed by atoms with Gasteiger partial charge >= 0.3 is 0 Å². The van der Waals surface area contributed by atoms with E-state index >= 15 is 0 Å². The maximum absolute atomic E-state index is 4.67. The summed E-state index contributed by atoms with van der Waals surface area (Å²) in [4.78, 5) is 12.2. The summed E-state index contributed by atoms with van der Waals surface area (Å²) < 4.78 is 1.96. The number of nitrogens with one attached hydrogen (secondary N) is 2. The van der Waals surface area contributed by atoms with E-state index in [4.69, 9.17) is 0 Å². The lowest BCUT2D eigenvalue weighted by molar-refractivity contribution is 0.653. The average molecular weight is 332 g/mol. The van der Waals surface area contributed by atoms with Gasteiger partial charge in [-0.1, -0.05) is 6.07 Å². The van der Waals surface area contributed by atoms with Crippen LogP contribution in [0.1, 0.15) is 18.3 Å². The molecule has 0 radical (unpaired) electrons. The van der Waals surface area contributed by atoms with Crippen molar-refractivity contribution in [2.24, 2.45) is 0 Å². The van der Waals surface area contributed by atoms with Gasteiger partial charge in [0.05, 0.1) is 17.9 Å². The molecule has 4 heterocycles. The highest BCUT2D eigenvalue weighted by Gasteiger charge is 2.13. The first-order valence-electron chi connectivity index (χ1n) is 8.41. The minimum Gasteiger partial charge on any atom is -0.364 e. The van der Waals surface area contributed by atoms with Crippen LogP contribution in [0, 0.1) is 6.92 Å². The van der Waals surface area contributed by atoms with Crippen LogP contribution in [0.3, 0.4) is 0 Å². The molecule has 4 aromatic rings. The van der Waals surface area contributed by atoms with Gasteiger partial charge in [0.15, 0.2) is 0 Å². The second-order valence-corrected chi connectivity index (χ2v) is 5.95. The molecule has 0 unspecified atom stereocenters. The maximum atomic E-state index is 4.67. The van der Waals surface area contributed by atoms with Gasteiger partial charge in [-0.2, -0.15) is 5.10 Å².